The second kappa shape index (κ2) is 7.51. The standard InChI is InChI=1S/C14H20N2O3S2/c1-10(9-21(2,18)19)16-14(17)12(13(15)20)8-11-6-4-3-5-7-11/h3-7,10,12H,8-9H2,1-2H3,(H2,15,20)(H,16,17). The lowest BCUT2D eigenvalue weighted by Crippen LogP contribution is -2.45. The molecule has 1 rings (SSSR count). The van der Waals surface area contributed by atoms with Crippen molar-refractivity contribution in [2.24, 2.45) is 11.7 Å². The van der Waals surface area contributed by atoms with Gasteiger partial charge in [-0.05, 0) is 18.9 Å². The van der Waals surface area contributed by atoms with Crippen LogP contribution in [-0.4, -0.2) is 37.4 Å². The van der Waals surface area contributed by atoms with Crippen molar-refractivity contribution in [2.45, 2.75) is 19.4 Å². The SMILES string of the molecule is CC(CS(C)(=O)=O)NC(=O)C(Cc1ccccc1)C(N)=S. The zero-order chi connectivity index (χ0) is 16.0. The number of rotatable bonds is 7. The third-order valence-corrected chi connectivity index (χ3v) is 4.27. The Labute approximate surface area is 130 Å². The lowest BCUT2D eigenvalue weighted by atomic mass is 9.98. The van der Waals surface area contributed by atoms with E-state index in [1.54, 1.807) is 6.92 Å². The highest BCUT2D eigenvalue weighted by Gasteiger charge is 2.24. The Bertz CT molecular complexity index is 600. The number of benzene rings is 1. The molecule has 0 heterocycles. The first kappa shape index (κ1) is 17.6. The van der Waals surface area contributed by atoms with Gasteiger partial charge in [0.1, 0.15) is 9.84 Å². The molecule has 0 spiro atoms. The van der Waals surface area contributed by atoms with Gasteiger partial charge in [0.25, 0.3) is 0 Å². The van der Waals surface area contributed by atoms with E-state index in [-0.39, 0.29) is 16.6 Å². The topological polar surface area (TPSA) is 89.3 Å². The van der Waals surface area contributed by atoms with Gasteiger partial charge in [0.2, 0.25) is 5.91 Å². The Morgan fingerprint density at radius 3 is 2.38 bits per heavy atom. The number of thiocarbonyl (C=S) groups is 1. The van der Waals surface area contributed by atoms with Crippen LogP contribution in [0.3, 0.4) is 0 Å². The van der Waals surface area contributed by atoms with Crippen LogP contribution < -0.4 is 11.1 Å². The van der Waals surface area contributed by atoms with E-state index in [2.05, 4.69) is 5.32 Å². The first-order chi connectivity index (χ1) is 9.69. The van der Waals surface area contributed by atoms with Crippen molar-refractivity contribution < 1.29 is 13.2 Å². The molecule has 21 heavy (non-hydrogen) atoms. The zero-order valence-corrected chi connectivity index (χ0v) is 13.7. The molecule has 0 fully saturated rings. The van der Waals surface area contributed by atoms with Crippen LogP contribution in [-0.2, 0) is 21.1 Å². The number of carbonyl (C=O) groups is 1. The monoisotopic (exact) mass is 328 g/mol. The van der Waals surface area contributed by atoms with Crippen molar-refractivity contribution in [3.05, 3.63) is 35.9 Å². The smallest absolute Gasteiger partial charge is 0.230 e. The van der Waals surface area contributed by atoms with E-state index in [1.807, 2.05) is 30.3 Å². The summed E-state index contributed by atoms with van der Waals surface area (Å²) in [5.74, 6) is -1.11. The van der Waals surface area contributed by atoms with Gasteiger partial charge in [-0.3, -0.25) is 4.79 Å². The summed E-state index contributed by atoms with van der Waals surface area (Å²) in [6.45, 7) is 1.64. The zero-order valence-electron chi connectivity index (χ0n) is 12.1. The van der Waals surface area contributed by atoms with Crippen molar-refractivity contribution >= 4 is 33.0 Å². The highest BCUT2D eigenvalue weighted by atomic mass is 32.2. The summed E-state index contributed by atoms with van der Waals surface area (Å²) in [7, 11) is -3.15. The molecule has 0 aliphatic heterocycles. The van der Waals surface area contributed by atoms with Crippen LogP contribution in [0.15, 0.2) is 30.3 Å². The molecule has 2 unspecified atom stereocenters. The summed E-state index contributed by atoms with van der Waals surface area (Å²) in [5, 5.41) is 2.65. The van der Waals surface area contributed by atoms with Crippen LogP contribution in [0.2, 0.25) is 0 Å². The second-order valence-corrected chi connectivity index (χ2v) is 7.80. The normalized spacial score (nSPS) is 14.2. The largest absolute Gasteiger partial charge is 0.393 e. The van der Waals surface area contributed by atoms with E-state index >= 15 is 0 Å². The number of amides is 1. The van der Waals surface area contributed by atoms with E-state index in [9.17, 15) is 13.2 Å². The van der Waals surface area contributed by atoms with Gasteiger partial charge in [-0.15, -0.1) is 0 Å². The van der Waals surface area contributed by atoms with Gasteiger partial charge in [0.15, 0.2) is 0 Å². The maximum Gasteiger partial charge on any atom is 0.230 e. The molecule has 0 saturated carbocycles. The third kappa shape index (κ3) is 6.68. The number of hydrogen-bond donors (Lipinski definition) is 2. The molecule has 116 valence electrons. The minimum atomic E-state index is -3.15. The highest BCUT2D eigenvalue weighted by Crippen LogP contribution is 2.10. The van der Waals surface area contributed by atoms with Gasteiger partial charge in [-0.2, -0.15) is 0 Å². The van der Waals surface area contributed by atoms with Crippen molar-refractivity contribution in [2.75, 3.05) is 12.0 Å². The first-order valence-electron chi connectivity index (χ1n) is 6.50. The molecule has 0 aliphatic carbocycles. The van der Waals surface area contributed by atoms with Gasteiger partial charge >= 0.3 is 0 Å². The summed E-state index contributed by atoms with van der Waals surface area (Å²) in [5.41, 5.74) is 6.59. The third-order valence-electron chi connectivity index (χ3n) is 2.88. The van der Waals surface area contributed by atoms with Crippen LogP contribution in [0.4, 0.5) is 0 Å². The summed E-state index contributed by atoms with van der Waals surface area (Å²) in [6.07, 6.45) is 1.53. The molecular formula is C14H20N2O3S2. The van der Waals surface area contributed by atoms with Crippen LogP contribution in [0.25, 0.3) is 0 Å². The van der Waals surface area contributed by atoms with Gasteiger partial charge in [-0.25, -0.2) is 8.42 Å². The quantitative estimate of drug-likeness (QED) is 0.719. The Morgan fingerprint density at radius 1 is 1.33 bits per heavy atom. The van der Waals surface area contributed by atoms with Crippen LogP contribution in [0.1, 0.15) is 12.5 Å². The Hall–Kier alpha value is -1.47. The Morgan fingerprint density at radius 2 is 1.90 bits per heavy atom. The van der Waals surface area contributed by atoms with Gasteiger partial charge in [-0.1, -0.05) is 42.5 Å². The number of carbonyl (C=O) groups excluding carboxylic acids is 1. The average molecular weight is 328 g/mol. The number of nitrogens with two attached hydrogens (primary N) is 1. The summed E-state index contributed by atoms with van der Waals surface area (Å²) < 4.78 is 22.4. The molecule has 7 heteroatoms. The molecule has 0 saturated heterocycles. The fourth-order valence-electron chi connectivity index (χ4n) is 2.01. The van der Waals surface area contributed by atoms with Crippen LogP contribution >= 0.6 is 12.2 Å². The molecule has 1 amide bonds. The molecule has 3 N–H and O–H groups in total. The maximum absolute atomic E-state index is 12.2. The highest BCUT2D eigenvalue weighted by molar-refractivity contribution is 7.90. The average Bonchev–Trinajstić information content (AvgIpc) is 2.34. The first-order valence-corrected chi connectivity index (χ1v) is 8.97. The van der Waals surface area contributed by atoms with E-state index in [4.69, 9.17) is 18.0 Å². The molecule has 0 aliphatic rings. The van der Waals surface area contributed by atoms with Crippen molar-refractivity contribution in [1.82, 2.24) is 5.32 Å². The van der Waals surface area contributed by atoms with E-state index in [1.165, 1.54) is 0 Å². The fourth-order valence-corrected chi connectivity index (χ4v) is 3.19. The molecule has 1 aromatic rings. The number of hydrogen-bond acceptors (Lipinski definition) is 4. The van der Waals surface area contributed by atoms with Crippen molar-refractivity contribution in [3.63, 3.8) is 0 Å². The molecule has 0 radical (unpaired) electrons. The summed E-state index contributed by atoms with van der Waals surface area (Å²) in [6, 6.07) is 8.91. The Balaban J connectivity index is 2.72. The fraction of sp³-hybridized carbons (Fsp3) is 0.429. The molecule has 0 aromatic heterocycles. The van der Waals surface area contributed by atoms with Crippen LogP contribution in [0, 0.1) is 5.92 Å². The lowest BCUT2D eigenvalue weighted by Gasteiger charge is -2.19. The molecule has 0 bridgehead atoms. The van der Waals surface area contributed by atoms with E-state index in [0.717, 1.165) is 11.8 Å². The molecule has 1 aromatic carbocycles. The molecule has 5 nitrogen and oxygen atoms in total. The molecular weight excluding hydrogens is 308 g/mol. The maximum atomic E-state index is 12.2. The number of nitrogens with one attached hydrogen (secondary N) is 1. The van der Waals surface area contributed by atoms with Crippen molar-refractivity contribution in [1.29, 1.82) is 0 Å². The summed E-state index contributed by atoms with van der Waals surface area (Å²) in [4.78, 5) is 12.3. The Kier molecular flexibility index (Phi) is 6.29. The summed E-state index contributed by atoms with van der Waals surface area (Å²) >= 11 is 4.95. The predicted molar refractivity (Wildman–Crippen MR) is 87.7 cm³/mol. The minimum Gasteiger partial charge on any atom is -0.393 e. The van der Waals surface area contributed by atoms with Gasteiger partial charge in [0.05, 0.1) is 16.7 Å². The second-order valence-electron chi connectivity index (χ2n) is 5.15. The number of sulfone groups is 1. The van der Waals surface area contributed by atoms with Gasteiger partial charge in [0, 0.05) is 12.3 Å². The predicted octanol–water partition coefficient (Wildman–Crippen LogP) is 0.681. The minimum absolute atomic E-state index is 0.0999. The van der Waals surface area contributed by atoms with E-state index < -0.39 is 21.8 Å². The van der Waals surface area contributed by atoms with Crippen LogP contribution in [0.5, 0.6) is 0 Å². The lowest BCUT2D eigenvalue weighted by molar-refractivity contribution is -0.123. The van der Waals surface area contributed by atoms with Gasteiger partial charge < -0.3 is 11.1 Å². The van der Waals surface area contributed by atoms with E-state index in [0.29, 0.717) is 6.42 Å². The molecule has 2 atom stereocenters. The van der Waals surface area contributed by atoms with Crippen molar-refractivity contribution in [3.8, 4) is 0 Å².